The van der Waals surface area contributed by atoms with Crippen molar-refractivity contribution in [2.45, 2.75) is 25.8 Å². The van der Waals surface area contributed by atoms with Gasteiger partial charge in [0.1, 0.15) is 0 Å². The van der Waals surface area contributed by atoms with Crippen LogP contribution in [0.3, 0.4) is 0 Å². The van der Waals surface area contributed by atoms with Gasteiger partial charge in [0, 0.05) is 0 Å². The van der Waals surface area contributed by atoms with E-state index >= 15 is 0 Å². The molecular formula is C14H15F3FeO3S. The van der Waals surface area contributed by atoms with Crippen molar-refractivity contribution >= 4 is 10.1 Å². The summed E-state index contributed by atoms with van der Waals surface area (Å²) in [7, 11) is -6.09. The topological polar surface area (TPSA) is 57.2 Å². The normalized spacial score (nSPS) is 13.5. The van der Waals surface area contributed by atoms with E-state index in [0.29, 0.717) is 0 Å². The Bertz CT molecular complexity index is 597. The minimum absolute atomic E-state index is 1.06. The van der Waals surface area contributed by atoms with Crippen LogP contribution in [0, 0.1) is 13.8 Å². The molecule has 8 heteroatoms. The Morgan fingerprint density at radius 3 is 1.59 bits per heavy atom. The first-order valence-corrected chi connectivity index (χ1v) is 7.95. The first-order valence-electron chi connectivity index (χ1n) is 5.99. The summed E-state index contributed by atoms with van der Waals surface area (Å²) in [5.74, 6) is 0. The number of hydrogen-bond donors (Lipinski definition) is 0. The molecule has 0 radical (unpaired) electrons. The summed E-state index contributed by atoms with van der Waals surface area (Å²) in [5.41, 5.74) is -2.99. The predicted molar refractivity (Wildman–Crippen MR) is 73.5 cm³/mol. The SMILES string of the molecule is Cc1ccc(C)cc1.O=S(=O)([O-])C(F)(F)F.[Fe+][C]1=CC=CC1. The molecule has 1 aliphatic rings. The van der Waals surface area contributed by atoms with Crippen molar-refractivity contribution in [2.24, 2.45) is 0 Å². The van der Waals surface area contributed by atoms with Crippen molar-refractivity contribution in [2.75, 3.05) is 0 Å². The van der Waals surface area contributed by atoms with E-state index in [9.17, 15) is 13.2 Å². The van der Waals surface area contributed by atoms with Crippen LogP contribution in [0.5, 0.6) is 0 Å². The average molecular weight is 376 g/mol. The number of hydrogen-bond acceptors (Lipinski definition) is 3. The summed E-state index contributed by atoms with van der Waals surface area (Å²) in [6, 6.07) is 8.48. The fourth-order valence-corrected chi connectivity index (χ4v) is 1.29. The van der Waals surface area contributed by atoms with Crippen LogP contribution in [0.15, 0.2) is 47.0 Å². The molecule has 0 saturated heterocycles. The molecule has 1 aromatic rings. The molecule has 0 atom stereocenters. The number of halogens is 3. The summed E-state index contributed by atoms with van der Waals surface area (Å²) >= 11 is 3.74. The quantitative estimate of drug-likeness (QED) is 0.394. The molecule has 0 bridgehead atoms. The van der Waals surface area contributed by atoms with E-state index in [2.05, 4.69) is 60.2 Å². The maximum atomic E-state index is 10.7. The fourth-order valence-electron chi connectivity index (χ4n) is 1.05. The summed E-state index contributed by atoms with van der Waals surface area (Å²) < 4.78 is 60.1. The number of aryl methyl sites for hydroxylation is 2. The standard InChI is InChI=1S/C8H10.C5H5.CHF3O3S.Fe/c1-7-3-5-8(2)6-4-7;1-2-4-5-3-1;2-1(3,4)8(5,6)7;/h3-6H,1-2H3;1-3H,4H2;(H,5,6,7);/q;;;+1/p-1. The Hall–Kier alpha value is -1.08. The average Bonchev–Trinajstić information content (AvgIpc) is 2.83. The second-order valence-corrected chi connectivity index (χ2v) is 6.36. The summed E-state index contributed by atoms with van der Waals surface area (Å²) in [4.78, 5) is 0. The molecule has 1 aromatic carbocycles. The third-order valence-corrected chi connectivity index (χ3v) is 3.20. The molecule has 2 rings (SSSR count). The van der Waals surface area contributed by atoms with Gasteiger partial charge in [0.15, 0.2) is 10.1 Å². The van der Waals surface area contributed by atoms with E-state index in [1.165, 1.54) is 15.6 Å². The molecule has 0 spiro atoms. The van der Waals surface area contributed by atoms with Gasteiger partial charge < -0.3 is 4.55 Å². The zero-order valence-corrected chi connectivity index (χ0v) is 13.8. The van der Waals surface area contributed by atoms with Crippen molar-refractivity contribution in [1.82, 2.24) is 0 Å². The van der Waals surface area contributed by atoms with Gasteiger partial charge in [-0.1, -0.05) is 35.4 Å². The van der Waals surface area contributed by atoms with Crippen LogP contribution in [0.2, 0.25) is 0 Å². The van der Waals surface area contributed by atoms with Gasteiger partial charge in [0.05, 0.1) is 0 Å². The first kappa shape index (κ1) is 20.9. The molecule has 124 valence electrons. The Labute approximate surface area is 136 Å². The van der Waals surface area contributed by atoms with Crippen molar-refractivity contribution in [1.29, 1.82) is 0 Å². The predicted octanol–water partition coefficient (Wildman–Crippen LogP) is 3.73. The molecular weight excluding hydrogens is 361 g/mol. The van der Waals surface area contributed by atoms with E-state index in [0.717, 1.165) is 6.42 Å². The Morgan fingerprint density at radius 2 is 1.45 bits per heavy atom. The molecule has 0 unspecified atom stereocenters. The molecule has 3 nitrogen and oxygen atoms in total. The fraction of sp³-hybridized carbons (Fsp3) is 0.286. The van der Waals surface area contributed by atoms with E-state index in [-0.39, 0.29) is 0 Å². The molecule has 0 N–H and O–H groups in total. The van der Waals surface area contributed by atoms with Crippen molar-refractivity contribution in [3.05, 3.63) is 58.1 Å². The van der Waals surface area contributed by atoms with E-state index < -0.39 is 15.6 Å². The van der Waals surface area contributed by atoms with Crippen LogP contribution in [-0.2, 0) is 26.1 Å². The summed E-state index contributed by atoms with van der Waals surface area (Å²) in [6.45, 7) is 4.19. The zero-order valence-electron chi connectivity index (χ0n) is 11.9. The molecule has 0 amide bonds. The number of alkyl halides is 3. The monoisotopic (exact) mass is 376 g/mol. The van der Waals surface area contributed by atoms with E-state index in [1.807, 2.05) is 12.2 Å². The summed E-state index contributed by atoms with van der Waals surface area (Å²) in [6.07, 6.45) is 7.21. The molecule has 0 aromatic heterocycles. The van der Waals surface area contributed by atoms with Crippen LogP contribution >= 0.6 is 0 Å². The Balaban J connectivity index is 0.000000304. The number of allylic oxidation sites excluding steroid dienone is 4. The van der Waals surface area contributed by atoms with Gasteiger partial charge in [0.25, 0.3) is 0 Å². The molecule has 1 aliphatic carbocycles. The molecule has 0 heterocycles. The van der Waals surface area contributed by atoms with Crippen LogP contribution in [0.4, 0.5) is 13.2 Å². The third-order valence-electron chi connectivity index (χ3n) is 2.22. The summed E-state index contributed by atoms with van der Waals surface area (Å²) in [5, 5.41) is 0. The molecule has 0 saturated carbocycles. The Morgan fingerprint density at radius 1 is 1.09 bits per heavy atom. The maximum absolute atomic E-state index is 10.7. The number of benzene rings is 1. The molecule has 22 heavy (non-hydrogen) atoms. The van der Waals surface area contributed by atoms with Crippen molar-refractivity contribution < 1.29 is 42.2 Å². The van der Waals surface area contributed by atoms with Gasteiger partial charge >= 0.3 is 50.6 Å². The third kappa shape index (κ3) is 9.78. The molecule has 0 aliphatic heterocycles. The Kier molecular flexibility index (Phi) is 8.70. The zero-order chi connectivity index (χ0) is 17.4. The van der Waals surface area contributed by atoms with Gasteiger partial charge in [-0.15, -0.1) is 0 Å². The van der Waals surface area contributed by atoms with Gasteiger partial charge in [-0.2, -0.15) is 13.2 Å². The number of rotatable bonds is 0. The van der Waals surface area contributed by atoms with Gasteiger partial charge in [-0.3, -0.25) is 0 Å². The van der Waals surface area contributed by atoms with Crippen LogP contribution in [-0.4, -0.2) is 18.5 Å². The van der Waals surface area contributed by atoms with Crippen LogP contribution < -0.4 is 0 Å². The van der Waals surface area contributed by atoms with E-state index in [1.54, 1.807) is 0 Å². The van der Waals surface area contributed by atoms with Gasteiger partial charge in [0.2, 0.25) is 0 Å². The van der Waals surface area contributed by atoms with Gasteiger partial charge in [-0.25, -0.2) is 8.42 Å². The van der Waals surface area contributed by atoms with Crippen LogP contribution in [0.1, 0.15) is 17.5 Å². The van der Waals surface area contributed by atoms with Gasteiger partial charge in [-0.05, 0) is 13.8 Å². The minimum atomic E-state index is -6.09. The second kappa shape index (κ2) is 9.15. The molecule has 0 fully saturated rings. The van der Waals surface area contributed by atoms with E-state index in [4.69, 9.17) is 13.0 Å². The van der Waals surface area contributed by atoms with Crippen molar-refractivity contribution in [3.63, 3.8) is 0 Å². The second-order valence-electron chi connectivity index (χ2n) is 4.28. The van der Waals surface area contributed by atoms with Crippen molar-refractivity contribution in [3.8, 4) is 0 Å². The van der Waals surface area contributed by atoms with Crippen LogP contribution in [0.25, 0.3) is 0 Å². The first-order chi connectivity index (χ1) is 9.93.